The monoisotopic (exact) mass is 288 g/mol. The number of benzene rings is 1. The minimum absolute atomic E-state index is 0.0729. The van der Waals surface area contributed by atoms with Crippen LogP contribution in [0.1, 0.15) is 12.0 Å². The number of hydrogen-bond donors (Lipinski definition) is 2. The second kappa shape index (κ2) is 5.70. The lowest BCUT2D eigenvalue weighted by Gasteiger charge is -2.11. The predicted molar refractivity (Wildman–Crippen MR) is 66.2 cm³/mol. The van der Waals surface area contributed by atoms with E-state index in [4.69, 9.17) is 4.74 Å². The molecule has 1 saturated heterocycles. The Labute approximate surface area is 114 Å². The van der Waals surface area contributed by atoms with Crippen LogP contribution in [-0.2, 0) is 11.3 Å². The Balaban J connectivity index is 1.89. The maximum Gasteiger partial charge on any atom is 0.262 e. The first-order chi connectivity index (χ1) is 9.41. The third-order valence-electron chi connectivity index (χ3n) is 3.11. The molecule has 1 atom stereocenters. The summed E-state index contributed by atoms with van der Waals surface area (Å²) in [6, 6.07) is 3.36. The zero-order valence-electron chi connectivity index (χ0n) is 10.9. The Morgan fingerprint density at radius 3 is 2.85 bits per heavy atom. The first-order valence-electron chi connectivity index (χ1n) is 6.12. The number of halogens is 3. The summed E-state index contributed by atoms with van der Waals surface area (Å²) in [6.07, 6.45) is -0.518. The lowest BCUT2D eigenvalue weighted by atomic mass is 10.1. The SMILES string of the molecule is COc1ccc(CNC(=O)C2CC(F)(F)CN2)cc1F. The van der Waals surface area contributed by atoms with Crippen molar-refractivity contribution in [2.45, 2.75) is 24.9 Å². The van der Waals surface area contributed by atoms with Gasteiger partial charge >= 0.3 is 0 Å². The van der Waals surface area contributed by atoms with Crippen molar-refractivity contribution in [1.29, 1.82) is 0 Å². The number of carbonyl (C=O) groups excluding carboxylic acids is 1. The van der Waals surface area contributed by atoms with Gasteiger partial charge in [-0.05, 0) is 17.7 Å². The third kappa shape index (κ3) is 3.41. The van der Waals surface area contributed by atoms with Crippen LogP contribution >= 0.6 is 0 Å². The number of rotatable bonds is 4. The molecule has 1 aromatic carbocycles. The van der Waals surface area contributed by atoms with Crippen molar-refractivity contribution in [3.63, 3.8) is 0 Å². The van der Waals surface area contributed by atoms with Gasteiger partial charge < -0.3 is 10.1 Å². The van der Waals surface area contributed by atoms with Crippen molar-refractivity contribution in [2.24, 2.45) is 0 Å². The van der Waals surface area contributed by atoms with Crippen molar-refractivity contribution in [3.8, 4) is 5.75 Å². The number of nitrogens with one attached hydrogen (secondary N) is 2. The average Bonchev–Trinajstić information content (AvgIpc) is 2.76. The second-order valence-electron chi connectivity index (χ2n) is 4.68. The first-order valence-corrected chi connectivity index (χ1v) is 6.12. The molecule has 0 spiro atoms. The highest BCUT2D eigenvalue weighted by Gasteiger charge is 2.42. The van der Waals surface area contributed by atoms with Gasteiger partial charge in [0.15, 0.2) is 11.6 Å². The van der Waals surface area contributed by atoms with Crippen LogP contribution in [0.2, 0.25) is 0 Å². The summed E-state index contributed by atoms with van der Waals surface area (Å²) >= 11 is 0. The van der Waals surface area contributed by atoms with Crippen LogP contribution in [0.3, 0.4) is 0 Å². The summed E-state index contributed by atoms with van der Waals surface area (Å²) in [4.78, 5) is 11.7. The van der Waals surface area contributed by atoms with E-state index in [1.54, 1.807) is 6.07 Å². The van der Waals surface area contributed by atoms with Crippen LogP contribution in [-0.4, -0.2) is 31.5 Å². The van der Waals surface area contributed by atoms with Gasteiger partial charge in [-0.2, -0.15) is 0 Å². The smallest absolute Gasteiger partial charge is 0.262 e. The van der Waals surface area contributed by atoms with E-state index in [0.717, 1.165) is 0 Å². The summed E-state index contributed by atoms with van der Waals surface area (Å²) in [5, 5.41) is 4.96. The minimum atomic E-state index is -2.85. The van der Waals surface area contributed by atoms with E-state index in [1.807, 2.05) is 0 Å². The molecule has 0 radical (unpaired) electrons. The van der Waals surface area contributed by atoms with Crippen LogP contribution in [0.4, 0.5) is 13.2 Å². The zero-order valence-corrected chi connectivity index (χ0v) is 10.9. The van der Waals surface area contributed by atoms with Gasteiger partial charge in [-0.25, -0.2) is 13.2 Å². The van der Waals surface area contributed by atoms with Crippen molar-refractivity contribution in [3.05, 3.63) is 29.6 Å². The fourth-order valence-corrected chi connectivity index (χ4v) is 2.03. The molecule has 1 aliphatic rings. The van der Waals surface area contributed by atoms with Gasteiger partial charge in [0, 0.05) is 13.0 Å². The Kier molecular flexibility index (Phi) is 4.17. The maximum absolute atomic E-state index is 13.4. The predicted octanol–water partition coefficient (Wildman–Crippen LogP) is 1.45. The number of hydrogen-bond acceptors (Lipinski definition) is 3. The van der Waals surface area contributed by atoms with Crippen LogP contribution in [0, 0.1) is 5.82 Å². The van der Waals surface area contributed by atoms with Gasteiger partial charge in [0.2, 0.25) is 5.91 Å². The van der Waals surface area contributed by atoms with Crippen molar-refractivity contribution in [2.75, 3.05) is 13.7 Å². The highest BCUT2D eigenvalue weighted by Crippen LogP contribution is 2.25. The molecule has 2 rings (SSSR count). The lowest BCUT2D eigenvalue weighted by molar-refractivity contribution is -0.123. The Hall–Kier alpha value is -1.76. The molecular weight excluding hydrogens is 273 g/mol. The summed E-state index contributed by atoms with van der Waals surface area (Å²) < 4.78 is 44.1. The van der Waals surface area contributed by atoms with E-state index in [-0.39, 0.29) is 12.3 Å². The van der Waals surface area contributed by atoms with Gasteiger partial charge in [0.25, 0.3) is 5.92 Å². The minimum Gasteiger partial charge on any atom is -0.494 e. The van der Waals surface area contributed by atoms with Crippen molar-refractivity contribution < 1.29 is 22.7 Å². The number of amides is 1. The van der Waals surface area contributed by atoms with E-state index >= 15 is 0 Å². The molecule has 0 aliphatic carbocycles. The molecule has 1 heterocycles. The molecule has 1 amide bonds. The number of ether oxygens (including phenoxy) is 1. The third-order valence-corrected chi connectivity index (χ3v) is 3.11. The number of carbonyl (C=O) groups is 1. The first kappa shape index (κ1) is 14.6. The Bertz CT molecular complexity index is 508. The van der Waals surface area contributed by atoms with E-state index in [9.17, 15) is 18.0 Å². The summed E-state index contributed by atoms with van der Waals surface area (Å²) in [7, 11) is 1.35. The quantitative estimate of drug-likeness (QED) is 0.881. The van der Waals surface area contributed by atoms with Crippen LogP contribution in [0.25, 0.3) is 0 Å². The molecule has 4 nitrogen and oxygen atoms in total. The molecule has 0 bridgehead atoms. The summed E-state index contributed by atoms with van der Waals surface area (Å²) in [6.45, 7) is -0.425. The topological polar surface area (TPSA) is 50.4 Å². The highest BCUT2D eigenvalue weighted by atomic mass is 19.3. The molecule has 7 heteroatoms. The van der Waals surface area contributed by atoms with E-state index in [1.165, 1.54) is 19.2 Å². The molecule has 2 N–H and O–H groups in total. The fourth-order valence-electron chi connectivity index (χ4n) is 2.03. The standard InChI is InChI=1S/C13H15F3N2O2/c1-20-11-3-2-8(4-9(11)14)6-17-12(19)10-5-13(15,16)7-18-10/h2-4,10,18H,5-7H2,1H3,(H,17,19). The molecular formula is C13H15F3N2O2. The molecule has 20 heavy (non-hydrogen) atoms. The largest absolute Gasteiger partial charge is 0.494 e. The molecule has 1 aromatic rings. The fraction of sp³-hybridized carbons (Fsp3) is 0.462. The number of alkyl halides is 2. The highest BCUT2D eigenvalue weighted by molar-refractivity contribution is 5.82. The zero-order chi connectivity index (χ0) is 14.8. The van der Waals surface area contributed by atoms with Crippen molar-refractivity contribution >= 4 is 5.91 Å². The molecule has 1 aliphatic heterocycles. The molecule has 1 fully saturated rings. The van der Waals surface area contributed by atoms with Gasteiger partial charge in [0.05, 0.1) is 19.7 Å². The lowest BCUT2D eigenvalue weighted by Crippen LogP contribution is -2.40. The van der Waals surface area contributed by atoms with Gasteiger partial charge in [-0.3, -0.25) is 10.1 Å². The average molecular weight is 288 g/mol. The Morgan fingerprint density at radius 2 is 2.30 bits per heavy atom. The summed E-state index contributed by atoms with van der Waals surface area (Å²) in [5.74, 6) is -3.80. The van der Waals surface area contributed by atoms with Crippen molar-refractivity contribution in [1.82, 2.24) is 10.6 Å². The van der Waals surface area contributed by atoms with Gasteiger partial charge in [-0.15, -0.1) is 0 Å². The molecule has 1 unspecified atom stereocenters. The maximum atomic E-state index is 13.4. The molecule has 110 valence electrons. The molecule has 0 saturated carbocycles. The van der Waals surface area contributed by atoms with Crippen LogP contribution in [0.5, 0.6) is 5.75 Å². The van der Waals surface area contributed by atoms with Crippen LogP contribution < -0.4 is 15.4 Å². The van der Waals surface area contributed by atoms with Gasteiger partial charge in [0.1, 0.15) is 0 Å². The molecule has 0 aromatic heterocycles. The van der Waals surface area contributed by atoms with E-state index < -0.39 is 36.7 Å². The number of methoxy groups -OCH3 is 1. The second-order valence-corrected chi connectivity index (χ2v) is 4.68. The van der Waals surface area contributed by atoms with E-state index in [0.29, 0.717) is 5.56 Å². The van der Waals surface area contributed by atoms with Crippen LogP contribution in [0.15, 0.2) is 18.2 Å². The summed E-state index contributed by atoms with van der Waals surface area (Å²) in [5.41, 5.74) is 0.529. The van der Waals surface area contributed by atoms with Gasteiger partial charge in [-0.1, -0.05) is 6.07 Å². The Morgan fingerprint density at radius 1 is 1.55 bits per heavy atom. The van der Waals surface area contributed by atoms with E-state index in [2.05, 4.69) is 10.6 Å². The normalized spacial score (nSPS) is 20.7.